The number of halogens is 3. The fourth-order valence-electron chi connectivity index (χ4n) is 3.50. The number of alkyl halides is 3. The molecule has 2 atom stereocenters. The molecule has 2 aromatic heterocycles. The van der Waals surface area contributed by atoms with E-state index < -0.39 is 24.2 Å². The van der Waals surface area contributed by atoms with Gasteiger partial charge in [0.05, 0.1) is 17.4 Å². The van der Waals surface area contributed by atoms with Crippen LogP contribution in [0.4, 0.5) is 24.7 Å². The average Bonchev–Trinajstić information content (AvgIpc) is 3.23. The van der Waals surface area contributed by atoms with Gasteiger partial charge in [0.15, 0.2) is 11.7 Å². The molecule has 7 nitrogen and oxygen atoms in total. The number of hydrogen-bond acceptors (Lipinski definition) is 4. The van der Waals surface area contributed by atoms with Crippen molar-refractivity contribution in [1.29, 1.82) is 0 Å². The van der Waals surface area contributed by atoms with Crippen molar-refractivity contribution in [2.24, 2.45) is 7.05 Å². The minimum Gasteiger partial charge on any atom is -0.363 e. The predicted molar refractivity (Wildman–Crippen MR) is 101 cm³/mol. The van der Waals surface area contributed by atoms with Crippen LogP contribution in [-0.4, -0.2) is 31.6 Å². The van der Waals surface area contributed by atoms with Crippen LogP contribution in [0.3, 0.4) is 0 Å². The van der Waals surface area contributed by atoms with Crippen LogP contribution in [0, 0.1) is 6.92 Å². The second kappa shape index (κ2) is 6.94. The summed E-state index contributed by atoms with van der Waals surface area (Å²) in [5.41, 5.74) is 1.72. The van der Waals surface area contributed by atoms with Gasteiger partial charge < -0.3 is 10.6 Å². The van der Waals surface area contributed by atoms with Gasteiger partial charge in [-0.2, -0.15) is 23.4 Å². The molecule has 1 aliphatic heterocycles. The van der Waals surface area contributed by atoms with Crippen molar-refractivity contribution in [3.05, 3.63) is 59.5 Å². The number of hydrogen-bond donors (Lipinski definition) is 2. The number of anilines is 2. The van der Waals surface area contributed by atoms with Crippen molar-refractivity contribution in [3.8, 4) is 0 Å². The van der Waals surface area contributed by atoms with Gasteiger partial charge in [-0.25, -0.2) is 4.68 Å². The summed E-state index contributed by atoms with van der Waals surface area (Å²) < 4.78 is 43.6. The molecule has 0 unspecified atom stereocenters. The first-order valence-electron chi connectivity index (χ1n) is 9.01. The Labute approximate surface area is 164 Å². The van der Waals surface area contributed by atoms with E-state index in [1.54, 1.807) is 50.5 Å². The molecule has 2 N–H and O–H groups in total. The largest absolute Gasteiger partial charge is 0.410 e. The fraction of sp³-hybridized carbons (Fsp3) is 0.316. The Morgan fingerprint density at radius 1 is 1.24 bits per heavy atom. The average molecular weight is 404 g/mol. The minimum atomic E-state index is -4.50. The van der Waals surface area contributed by atoms with Gasteiger partial charge in [0.25, 0.3) is 5.91 Å². The Balaban J connectivity index is 1.65. The third-order valence-electron chi connectivity index (χ3n) is 4.89. The van der Waals surface area contributed by atoms with Gasteiger partial charge in [-0.1, -0.05) is 30.3 Å². The molecular formula is C19H19F3N6O. The Morgan fingerprint density at radius 2 is 1.97 bits per heavy atom. The van der Waals surface area contributed by atoms with Crippen LogP contribution >= 0.6 is 0 Å². The van der Waals surface area contributed by atoms with Gasteiger partial charge >= 0.3 is 6.18 Å². The highest BCUT2D eigenvalue weighted by molar-refractivity contribution is 6.03. The summed E-state index contributed by atoms with van der Waals surface area (Å²) in [7, 11) is 1.71. The smallest absolute Gasteiger partial charge is 0.363 e. The molecule has 0 spiro atoms. The molecule has 0 saturated carbocycles. The molecular weight excluding hydrogens is 385 g/mol. The van der Waals surface area contributed by atoms with Gasteiger partial charge in [0.1, 0.15) is 5.82 Å². The summed E-state index contributed by atoms with van der Waals surface area (Å²) in [6, 6.07) is 7.89. The summed E-state index contributed by atoms with van der Waals surface area (Å²) in [6.07, 6.45) is -3.10. The van der Waals surface area contributed by atoms with Crippen LogP contribution in [0.2, 0.25) is 0 Å². The van der Waals surface area contributed by atoms with Crippen molar-refractivity contribution in [2.45, 2.75) is 31.6 Å². The highest BCUT2D eigenvalue weighted by Crippen LogP contribution is 2.43. The quantitative estimate of drug-likeness (QED) is 0.696. The number of aryl methyl sites for hydroxylation is 2. The van der Waals surface area contributed by atoms with Crippen LogP contribution < -0.4 is 10.6 Å². The Kier molecular flexibility index (Phi) is 4.56. The summed E-state index contributed by atoms with van der Waals surface area (Å²) >= 11 is 0. The minimum absolute atomic E-state index is 0.0984. The summed E-state index contributed by atoms with van der Waals surface area (Å²) in [5.74, 6) is -0.442. The zero-order chi connectivity index (χ0) is 20.8. The summed E-state index contributed by atoms with van der Waals surface area (Å²) in [4.78, 5) is 12.6. The normalized spacial score (nSPS) is 18.8. The van der Waals surface area contributed by atoms with Gasteiger partial charge in [0, 0.05) is 25.7 Å². The van der Waals surface area contributed by atoms with Crippen LogP contribution in [-0.2, 0) is 7.05 Å². The second-order valence-corrected chi connectivity index (χ2v) is 7.02. The monoisotopic (exact) mass is 404 g/mol. The molecule has 3 heterocycles. The van der Waals surface area contributed by atoms with E-state index in [9.17, 15) is 18.0 Å². The first-order valence-corrected chi connectivity index (χ1v) is 9.01. The molecule has 1 amide bonds. The third kappa shape index (κ3) is 3.69. The molecule has 0 fully saturated rings. The van der Waals surface area contributed by atoms with E-state index >= 15 is 0 Å². The van der Waals surface area contributed by atoms with Gasteiger partial charge in [-0.3, -0.25) is 9.48 Å². The zero-order valence-electron chi connectivity index (χ0n) is 15.7. The maximum absolute atomic E-state index is 13.7. The lowest BCUT2D eigenvalue weighted by Gasteiger charge is -2.33. The first-order chi connectivity index (χ1) is 13.7. The SMILES string of the molecule is Cc1nn(C)cc1NC(=O)c1cc2n(n1)[C@@H](C(F)(F)F)C[C@H](c1ccccc1)N2. The maximum Gasteiger partial charge on any atom is 0.410 e. The number of carbonyl (C=O) groups excluding carboxylic acids is 1. The van der Waals surface area contributed by atoms with E-state index in [-0.39, 0.29) is 17.9 Å². The van der Waals surface area contributed by atoms with Crippen LogP contribution in [0.1, 0.15) is 40.3 Å². The van der Waals surface area contributed by atoms with Crippen molar-refractivity contribution in [1.82, 2.24) is 19.6 Å². The molecule has 1 aliphatic rings. The molecule has 0 bridgehead atoms. The number of fused-ring (bicyclic) bond motifs is 1. The molecule has 152 valence electrons. The highest BCUT2D eigenvalue weighted by atomic mass is 19.4. The van der Waals surface area contributed by atoms with Crippen molar-refractivity contribution in [3.63, 3.8) is 0 Å². The van der Waals surface area contributed by atoms with Gasteiger partial charge in [-0.05, 0) is 12.5 Å². The van der Waals surface area contributed by atoms with Crippen LogP contribution in [0.15, 0.2) is 42.6 Å². The van der Waals surface area contributed by atoms with Gasteiger partial charge in [0.2, 0.25) is 0 Å². The number of benzene rings is 1. The van der Waals surface area contributed by atoms with E-state index in [0.717, 1.165) is 10.2 Å². The summed E-state index contributed by atoms with van der Waals surface area (Å²) in [6.45, 7) is 1.72. The molecule has 0 radical (unpaired) electrons. The molecule has 29 heavy (non-hydrogen) atoms. The standard InChI is InChI=1S/C19H19F3N6O/c1-11-15(10-27(2)25-11)24-18(29)14-9-17-23-13(12-6-4-3-5-7-12)8-16(19(20,21)22)28(17)26-14/h3-7,9-10,13,16,23H,8H2,1-2H3,(H,24,29)/t13-,16-/m1/s1. The van der Waals surface area contributed by atoms with Crippen LogP contribution in [0.25, 0.3) is 0 Å². The molecule has 1 aromatic carbocycles. The fourth-order valence-corrected chi connectivity index (χ4v) is 3.50. The van der Waals surface area contributed by atoms with E-state index in [2.05, 4.69) is 20.8 Å². The first kappa shape index (κ1) is 19.0. The second-order valence-electron chi connectivity index (χ2n) is 7.02. The number of nitrogens with one attached hydrogen (secondary N) is 2. The zero-order valence-corrected chi connectivity index (χ0v) is 15.7. The Morgan fingerprint density at radius 3 is 2.59 bits per heavy atom. The molecule has 10 heteroatoms. The van der Waals surface area contributed by atoms with Crippen molar-refractivity contribution >= 4 is 17.4 Å². The number of amides is 1. The molecule has 0 aliphatic carbocycles. The summed E-state index contributed by atoms with van der Waals surface area (Å²) in [5, 5.41) is 13.8. The number of rotatable bonds is 3. The van der Waals surface area contributed by atoms with Crippen LogP contribution in [0.5, 0.6) is 0 Å². The lowest BCUT2D eigenvalue weighted by molar-refractivity contribution is -0.173. The van der Waals surface area contributed by atoms with E-state index in [1.165, 1.54) is 10.7 Å². The Bertz CT molecular complexity index is 1040. The molecule has 3 aromatic rings. The van der Waals surface area contributed by atoms with E-state index in [4.69, 9.17) is 0 Å². The van der Waals surface area contributed by atoms with E-state index in [0.29, 0.717) is 11.4 Å². The topological polar surface area (TPSA) is 76.8 Å². The maximum atomic E-state index is 13.7. The number of nitrogens with zero attached hydrogens (tertiary/aromatic N) is 4. The predicted octanol–water partition coefficient (Wildman–Crippen LogP) is 3.84. The lowest BCUT2D eigenvalue weighted by Crippen LogP contribution is -2.35. The number of aromatic nitrogens is 4. The van der Waals surface area contributed by atoms with Gasteiger partial charge in [-0.15, -0.1) is 0 Å². The Hall–Kier alpha value is -3.30. The van der Waals surface area contributed by atoms with Crippen molar-refractivity contribution < 1.29 is 18.0 Å². The van der Waals surface area contributed by atoms with E-state index in [1.807, 2.05) is 0 Å². The number of carbonyl (C=O) groups is 1. The third-order valence-corrected chi connectivity index (χ3v) is 4.89. The molecule has 4 rings (SSSR count). The lowest BCUT2D eigenvalue weighted by atomic mass is 9.97. The van der Waals surface area contributed by atoms with Crippen molar-refractivity contribution in [2.75, 3.05) is 10.6 Å². The highest BCUT2D eigenvalue weighted by Gasteiger charge is 2.46. The molecule has 0 saturated heterocycles.